The Kier molecular flexibility index (Phi) is 3.88. The number of halogens is 2. The molecule has 0 aromatic heterocycles. The van der Waals surface area contributed by atoms with Crippen LogP contribution in [0.25, 0.3) is 0 Å². The third kappa shape index (κ3) is 3.18. The smallest absolute Gasteiger partial charge is 0.338 e. The molecule has 0 N–H and O–H groups in total. The zero-order valence-corrected chi connectivity index (χ0v) is 9.81. The van der Waals surface area contributed by atoms with Crippen LogP contribution in [0.1, 0.15) is 17.3 Å². The highest BCUT2D eigenvalue weighted by atomic mass is 35.7. The van der Waals surface area contributed by atoms with Gasteiger partial charge in [-0.1, -0.05) is 0 Å². The second kappa shape index (κ2) is 4.80. The van der Waals surface area contributed by atoms with Crippen LogP contribution in [0.2, 0.25) is 0 Å². The summed E-state index contributed by atoms with van der Waals surface area (Å²) in [7, 11) is 0.966. The Bertz CT molecular complexity index is 512. The van der Waals surface area contributed by atoms with Crippen molar-refractivity contribution in [1.29, 1.82) is 0 Å². The second-order valence-corrected chi connectivity index (χ2v) is 5.40. The summed E-state index contributed by atoms with van der Waals surface area (Å²) in [5.41, 5.74) is -0.193. The molecule has 1 aromatic rings. The van der Waals surface area contributed by atoms with Gasteiger partial charge in [-0.05, 0) is 25.1 Å². The molecule has 0 saturated heterocycles. The summed E-state index contributed by atoms with van der Waals surface area (Å²) in [5.74, 6) is -1.67. The van der Waals surface area contributed by atoms with Gasteiger partial charge in [-0.25, -0.2) is 17.6 Å². The minimum absolute atomic E-state index is 0.109. The van der Waals surface area contributed by atoms with Gasteiger partial charge in [0.15, 0.2) is 0 Å². The van der Waals surface area contributed by atoms with Crippen LogP contribution in [0.4, 0.5) is 4.39 Å². The van der Waals surface area contributed by atoms with Crippen LogP contribution < -0.4 is 0 Å². The minimum atomic E-state index is -4.07. The zero-order chi connectivity index (χ0) is 12.3. The van der Waals surface area contributed by atoms with Gasteiger partial charge in [-0.15, -0.1) is 0 Å². The lowest BCUT2D eigenvalue weighted by Gasteiger charge is -2.03. The number of benzene rings is 1. The van der Waals surface area contributed by atoms with Crippen molar-refractivity contribution in [3.8, 4) is 0 Å². The largest absolute Gasteiger partial charge is 0.462 e. The van der Waals surface area contributed by atoms with E-state index in [4.69, 9.17) is 10.7 Å². The zero-order valence-electron chi connectivity index (χ0n) is 8.24. The lowest BCUT2D eigenvalue weighted by molar-refractivity contribution is 0.0525. The molecule has 0 bridgehead atoms. The lowest BCUT2D eigenvalue weighted by Crippen LogP contribution is -2.06. The van der Waals surface area contributed by atoms with Crippen LogP contribution in [0.5, 0.6) is 0 Å². The Hall–Kier alpha value is -1.14. The van der Waals surface area contributed by atoms with Gasteiger partial charge in [-0.3, -0.25) is 0 Å². The van der Waals surface area contributed by atoms with E-state index >= 15 is 0 Å². The molecule has 0 atom stereocenters. The van der Waals surface area contributed by atoms with Gasteiger partial charge in [0.25, 0.3) is 9.05 Å². The Morgan fingerprint density at radius 2 is 2.06 bits per heavy atom. The van der Waals surface area contributed by atoms with Crippen LogP contribution in [0, 0.1) is 5.82 Å². The van der Waals surface area contributed by atoms with E-state index in [1.54, 1.807) is 6.92 Å². The molecular formula is C9H8ClFO4S. The molecule has 0 radical (unpaired) electrons. The van der Waals surface area contributed by atoms with Crippen molar-refractivity contribution >= 4 is 25.7 Å². The van der Waals surface area contributed by atoms with Gasteiger partial charge in [-0.2, -0.15) is 0 Å². The van der Waals surface area contributed by atoms with Crippen molar-refractivity contribution in [2.24, 2.45) is 0 Å². The van der Waals surface area contributed by atoms with Crippen LogP contribution in [-0.2, 0) is 13.8 Å². The van der Waals surface area contributed by atoms with E-state index in [9.17, 15) is 17.6 Å². The van der Waals surface area contributed by atoms with E-state index in [-0.39, 0.29) is 12.2 Å². The Labute approximate surface area is 96.4 Å². The summed E-state index contributed by atoms with van der Waals surface area (Å²) in [6.07, 6.45) is 0. The second-order valence-electron chi connectivity index (χ2n) is 2.83. The van der Waals surface area contributed by atoms with Crippen LogP contribution in [-0.4, -0.2) is 21.0 Å². The third-order valence-electron chi connectivity index (χ3n) is 1.66. The predicted molar refractivity (Wildman–Crippen MR) is 55.4 cm³/mol. The van der Waals surface area contributed by atoms with E-state index in [1.165, 1.54) is 0 Å². The molecule has 0 aliphatic heterocycles. The highest BCUT2D eigenvalue weighted by Gasteiger charge is 2.16. The van der Waals surface area contributed by atoms with Gasteiger partial charge in [0.05, 0.1) is 17.1 Å². The fourth-order valence-electron chi connectivity index (χ4n) is 1.04. The van der Waals surface area contributed by atoms with Crippen LogP contribution in [0.3, 0.4) is 0 Å². The summed E-state index contributed by atoms with van der Waals surface area (Å²) in [4.78, 5) is 10.8. The summed E-state index contributed by atoms with van der Waals surface area (Å²) < 4.78 is 39.6. The fourth-order valence-corrected chi connectivity index (χ4v) is 1.82. The minimum Gasteiger partial charge on any atom is -0.462 e. The molecule has 7 heteroatoms. The average Bonchev–Trinajstić information content (AvgIpc) is 2.16. The molecule has 1 aromatic carbocycles. The monoisotopic (exact) mass is 266 g/mol. The van der Waals surface area contributed by atoms with Gasteiger partial charge < -0.3 is 4.74 Å². The van der Waals surface area contributed by atoms with Gasteiger partial charge in [0.2, 0.25) is 0 Å². The Morgan fingerprint density at radius 1 is 1.44 bits per heavy atom. The summed E-state index contributed by atoms with van der Waals surface area (Å²) in [6, 6.07) is 2.57. The quantitative estimate of drug-likeness (QED) is 0.620. The summed E-state index contributed by atoms with van der Waals surface area (Å²) in [6.45, 7) is 1.69. The predicted octanol–water partition coefficient (Wildman–Crippen LogP) is 1.93. The van der Waals surface area contributed by atoms with E-state index < -0.39 is 25.7 Å². The summed E-state index contributed by atoms with van der Waals surface area (Å²) >= 11 is 0. The third-order valence-corrected chi connectivity index (χ3v) is 3.00. The molecule has 88 valence electrons. The number of hydrogen-bond acceptors (Lipinski definition) is 4. The van der Waals surface area contributed by atoms with Crippen molar-refractivity contribution in [1.82, 2.24) is 0 Å². The molecule has 0 saturated carbocycles. The van der Waals surface area contributed by atoms with Crippen molar-refractivity contribution in [3.63, 3.8) is 0 Å². The molecule has 0 aliphatic rings. The van der Waals surface area contributed by atoms with Crippen LogP contribution >= 0.6 is 10.7 Å². The maximum absolute atomic E-state index is 13.0. The van der Waals surface area contributed by atoms with Crippen molar-refractivity contribution < 1.29 is 22.3 Å². The highest BCUT2D eigenvalue weighted by molar-refractivity contribution is 8.13. The molecule has 0 amide bonds. The average molecular weight is 267 g/mol. The molecule has 1 rings (SSSR count). The first-order valence-electron chi connectivity index (χ1n) is 4.27. The Morgan fingerprint density at radius 3 is 2.56 bits per heavy atom. The highest BCUT2D eigenvalue weighted by Crippen LogP contribution is 2.18. The van der Waals surface area contributed by atoms with Crippen LogP contribution in [0.15, 0.2) is 23.1 Å². The van der Waals surface area contributed by atoms with Gasteiger partial charge in [0, 0.05) is 10.7 Å². The normalized spacial score (nSPS) is 11.2. The number of ether oxygens (including phenoxy) is 1. The van der Waals surface area contributed by atoms with Gasteiger partial charge >= 0.3 is 5.97 Å². The van der Waals surface area contributed by atoms with E-state index in [1.807, 2.05) is 0 Å². The fraction of sp³-hybridized carbons (Fsp3) is 0.222. The van der Waals surface area contributed by atoms with E-state index in [2.05, 4.69) is 4.74 Å². The first-order chi connectivity index (χ1) is 7.34. The molecule has 0 unspecified atom stereocenters. The molecule has 0 aliphatic carbocycles. The molecule has 0 fully saturated rings. The molecule has 0 heterocycles. The molecule has 16 heavy (non-hydrogen) atoms. The first-order valence-corrected chi connectivity index (χ1v) is 6.58. The molecule has 0 spiro atoms. The van der Waals surface area contributed by atoms with Crippen molar-refractivity contribution in [3.05, 3.63) is 29.6 Å². The van der Waals surface area contributed by atoms with Crippen molar-refractivity contribution in [2.75, 3.05) is 6.61 Å². The lowest BCUT2D eigenvalue weighted by atomic mass is 10.2. The van der Waals surface area contributed by atoms with E-state index in [0.29, 0.717) is 0 Å². The maximum atomic E-state index is 13.0. The van der Waals surface area contributed by atoms with Crippen molar-refractivity contribution in [2.45, 2.75) is 11.8 Å². The number of carbonyl (C=O) groups excluding carboxylic acids is 1. The number of carbonyl (C=O) groups is 1. The standard InChI is InChI=1S/C9H8ClFO4S/c1-2-15-9(12)6-3-7(11)5-8(4-6)16(10,13)14/h3-5H,2H2,1H3. The number of esters is 1. The first kappa shape index (κ1) is 12.9. The van der Waals surface area contributed by atoms with E-state index in [0.717, 1.165) is 18.2 Å². The number of rotatable bonds is 3. The number of hydrogen-bond donors (Lipinski definition) is 0. The Balaban J connectivity index is 3.24. The van der Waals surface area contributed by atoms with Gasteiger partial charge in [0.1, 0.15) is 5.82 Å². The SMILES string of the molecule is CCOC(=O)c1cc(F)cc(S(=O)(=O)Cl)c1. The molecule has 4 nitrogen and oxygen atoms in total. The molecular weight excluding hydrogens is 259 g/mol. The summed E-state index contributed by atoms with van der Waals surface area (Å²) in [5, 5.41) is 0. The maximum Gasteiger partial charge on any atom is 0.338 e. The topological polar surface area (TPSA) is 60.4 Å².